The Morgan fingerprint density at radius 3 is 2.76 bits per heavy atom. The summed E-state index contributed by atoms with van der Waals surface area (Å²) in [6.07, 6.45) is 3.80. The van der Waals surface area contributed by atoms with Crippen LogP contribution in [0.1, 0.15) is 24.8 Å². The molecule has 0 amide bonds. The van der Waals surface area contributed by atoms with Gasteiger partial charge in [0, 0.05) is 17.0 Å². The maximum absolute atomic E-state index is 8.60. The Bertz CT molecular complexity index is 397. The molecule has 1 unspecified atom stereocenters. The number of nitrogens with two attached hydrogens (primary N) is 1. The Balaban J connectivity index is 2.07. The number of rotatable bonds is 3. The molecule has 0 saturated heterocycles. The van der Waals surface area contributed by atoms with Gasteiger partial charge in [-0.25, -0.2) is 0 Å². The molecule has 0 aliphatic heterocycles. The average molecular weight is 230 g/mol. The summed E-state index contributed by atoms with van der Waals surface area (Å²) in [5.74, 6) is 0.386. The van der Waals surface area contributed by atoms with Crippen molar-refractivity contribution < 1.29 is 0 Å². The van der Waals surface area contributed by atoms with E-state index in [2.05, 4.69) is 22.2 Å². The largest absolute Gasteiger partial charge is 0.328 e. The first-order valence-electron chi connectivity index (χ1n) is 6.13. The fraction of sp³-hybridized carbons (Fsp3) is 0.538. The van der Waals surface area contributed by atoms with Gasteiger partial charge in [-0.2, -0.15) is 0 Å². The molecular weight excluding hydrogens is 212 g/mol. The van der Waals surface area contributed by atoms with Crippen LogP contribution in [0.25, 0.3) is 10.4 Å². The second-order valence-corrected chi connectivity index (χ2v) is 4.80. The first-order chi connectivity index (χ1) is 8.29. The van der Waals surface area contributed by atoms with Crippen LogP contribution in [-0.2, 0) is 6.42 Å². The number of azide groups is 1. The molecule has 1 aromatic carbocycles. The summed E-state index contributed by atoms with van der Waals surface area (Å²) >= 11 is 0. The molecule has 1 aromatic rings. The molecule has 1 saturated carbocycles. The SMILES string of the molecule is [N-]=[N+]=NC1CC[C@@H](N)C[C@@H]1Cc1ccccc1. The van der Waals surface area contributed by atoms with Gasteiger partial charge in [0.05, 0.1) is 0 Å². The minimum atomic E-state index is 0.111. The van der Waals surface area contributed by atoms with E-state index in [1.807, 2.05) is 18.2 Å². The van der Waals surface area contributed by atoms with Gasteiger partial charge in [-0.05, 0) is 42.7 Å². The summed E-state index contributed by atoms with van der Waals surface area (Å²) in [4.78, 5) is 2.96. The van der Waals surface area contributed by atoms with Crippen molar-refractivity contribution in [2.45, 2.75) is 37.8 Å². The van der Waals surface area contributed by atoms with Crippen molar-refractivity contribution in [1.82, 2.24) is 0 Å². The van der Waals surface area contributed by atoms with Crippen molar-refractivity contribution in [2.75, 3.05) is 0 Å². The lowest BCUT2D eigenvalue weighted by Crippen LogP contribution is -2.36. The highest BCUT2D eigenvalue weighted by molar-refractivity contribution is 5.16. The van der Waals surface area contributed by atoms with E-state index in [-0.39, 0.29) is 12.1 Å². The number of hydrogen-bond donors (Lipinski definition) is 1. The molecule has 0 heterocycles. The predicted molar refractivity (Wildman–Crippen MR) is 68.4 cm³/mol. The molecule has 1 fully saturated rings. The first kappa shape index (κ1) is 12.0. The quantitative estimate of drug-likeness (QED) is 0.483. The first-order valence-corrected chi connectivity index (χ1v) is 6.13. The van der Waals surface area contributed by atoms with E-state index in [4.69, 9.17) is 11.3 Å². The van der Waals surface area contributed by atoms with Gasteiger partial charge in [-0.1, -0.05) is 35.4 Å². The summed E-state index contributed by atoms with van der Waals surface area (Å²) in [6, 6.07) is 10.7. The maximum Gasteiger partial charge on any atom is 0.0406 e. The Morgan fingerprint density at radius 2 is 2.06 bits per heavy atom. The molecule has 3 atom stereocenters. The third kappa shape index (κ3) is 3.22. The smallest absolute Gasteiger partial charge is 0.0406 e. The molecule has 2 rings (SSSR count). The fourth-order valence-electron chi connectivity index (χ4n) is 2.64. The van der Waals surface area contributed by atoms with Crippen molar-refractivity contribution >= 4 is 0 Å². The predicted octanol–water partition coefficient (Wildman–Crippen LogP) is 3.04. The van der Waals surface area contributed by atoms with Gasteiger partial charge in [0.2, 0.25) is 0 Å². The van der Waals surface area contributed by atoms with Crippen LogP contribution in [0.15, 0.2) is 35.4 Å². The number of nitrogens with zero attached hydrogens (tertiary/aromatic N) is 3. The van der Waals surface area contributed by atoms with Gasteiger partial charge < -0.3 is 5.73 Å². The normalized spacial score (nSPS) is 28.4. The molecule has 0 spiro atoms. The molecule has 0 aromatic heterocycles. The minimum Gasteiger partial charge on any atom is -0.328 e. The van der Waals surface area contributed by atoms with Crippen LogP contribution in [-0.4, -0.2) is 12.1 Å². The van der Waals surface area contributed by atoms with Crippen LogP contribution in [0.3, 0.4) is 0 Å². The molecule has 4 nitrogen and oxygen atoms in total. The van der Waals surface area contributed by atoms with Crippen molar-refractivity contribution in [3.63, 3.8) is 0 Å². The fourth-order valence-corrected chi connectivity index (χ4v) is 2.64. The van der Waals surface area contributed by atoms with Crippen molar-refractivity contribution in [1.29, 1.82) is 0 Å². The molecule has 4 heteroatoms. The Labute approximate surface area is 101 Å². The third-order valence-electron chi connectivity index (χ3n) is 3.52. The molecule has 0 radical (unpaired) electrons. The summed E-state index contributed by atoms with van der Waals surface area (Å²) in [5.41, 5.74) is 15.9. The van der Waals surface area contributed by atoms with E-state index in [1.165, 1.54) is 5.56 Å². The highest BCUT2D eigenvalue weighted by Gasteiger charge is 2.28. The lowest BCUT2D eigenvalue weighted by Gasteiger charge is -2.32. The van der Waals surface area contributed by atoms with E-state index in [1.54, 1.807) is 0 Å². The van der Waals surface area contributed by atoms with Crippen LogP contribution >= 0.6 is 0 Å². The van der Waals surface area contributed by atoms with Crippen molar-refractivity contribution in [3.05, 3.63) is 46.3 Å². The average Bonchev–Trinajstić information content (AvgIpc) is 2.34. The van der Waals surface area contributed by atoms with Crippen LogP contribution in [0.2, 0.25) is 0 Å². The minimum absolute atomic E-state index is 0.111. The van der Waals surface area contributed by atoms with Gasteiger partial charge in [0.1, 0.15) is 0 Å². The number of hydrogen-bond acceptors (Lipinski definition) is 2. The lowest BCUT2D eigenvalue weighted by atomic mass is 9.79. The molecule has 1 aliphatic rings. The molecule has 1 aliphatic carbocycles. The van der Waals surface area contributed by atoms with Gasteiger partial charge in [0.25, 0.3) is 0 Å². The summed E-state index contributed by atoms with van der Waals surface area (Å²) in [5, 5.41) is 3.92. The van der Waals surface area contributed by atoms with E-state index in [0.29, 0.717) is 5.92 Å². The lowest BCUT2D eigenvalue weighted by molar-refractivity contribution is 0.278. The zero-order valence-electron chi connectivity index (χ0n) is 9.87. The molecule has 0 bridgehead atoms. The molecule has 90 valence electrons. The number of benzene rings is 1. The standard InChI is InChI=1S/C13H18N4/c14-12-6-7-13(16-17-15)11(9-12)8-10-4-2-1-3-5-10/h1-5,11-13H,6-9,14H2/t11-,12+,13?/m0/s1. The van der Waals surface area contributed by atoms with E-state index in [9.17, 15) is 0 Å². The maximum atomic E-state index is 8.60. The molecular formula is C13H18N4. The van der Waals surface area contributed by atoms with E-state index in [0.717, 1.165) is 25.7 Å². The van der Waals surface area contributed by atoms with E-state index >= 15 is 0 Å². The Kier molecular flexibility index (Phi) is 4.02. The van der Waals surface area contributed by atoms with Gasteiger partial charge in [-0.3, -0.25) is 0 Å². The highest BCUT2D eigenvalue weighted by Crippen LogP contribution is 2.29. The Morgan fingerprint density at radius 1 is 1.29 bits per heavy atom. The Hall–Kier alpha value is -1.51. The highest BCUT2D eigenvalue weighted by atomic mass is 15.2. The zero-order valence-corrected chi connectivity index (χ0v) is 9.87. The second-order valence-electron chi connectivity index (χ2n) is 4.80. The van der Waals surface area contributed by atoms with Crippen molar-refractivity contribution in [3.8, 4) is 0 Å². The van der Waals surface area contributed by atoms with E-state index < -0.39 is 0 Å². The topological polar surface area (TPSA) is 74.8 Å². The van der Waals surface area contributed by atoms with Crippen molar-refractivity contribution in [2.24, 2.45) is 16.8 Å². The summed E-state index contributed by atoms with van der Waals surface area (Å²) in [7, 11) is 0. The molecule has 17 heavy (non-hydrogen) atoms. The zero-order chi connectivity index (χ0) is 12.1. The second kappa shape index (κ2) is 5.71. The van der Waals surface area contributed by atoms with Crippen LogP contribution in [0, 0.1) is 5.92 Å². The van der Waals surface area contributed by atoms with Gasteiger partial charge >= 0.3 is 0 Å². The van der Waals surface area contributed by atoms with Gasteiger partial charge in [-0.15, -0.1) is 0 Å². The molecule has 2 N–H and O–H groups in total. The van der Waals surface area contributed by atoms with Gasteiger partial charge in [0.15, 0.2) is 0 Å². The van der Waals surface area contributed by atoms with Crippen LogP contribution in [0.5, 0.6) is 0 Å². The summed E-state index contributed by atoms with van der Waals surface area (Å²) in [6.45, 7) is 0. The van der Waals surface area contributed by atoms with Crippen LogP contribution in [0.4, 0.5) is 0 Å². The third-order valence-corrected chi connectivity index (χ3v) is 3.52. The van der Waals surface area contributed by atoms with Crippen LogP contribution < -0.4 is 5.73 Å². The monoisotopic (exact) mass is 230 g/mol. The summed E-state index contributed by atoms with van der Waals surface area (Å²) < 4.78 is 0.